The molecule has 0 aliphatic heterocycles. The first kappa shape index (κ1) is 15.3. The van der Waals surface area contributed by atoms with Gasteiger partial charge in [0.25, 0.3) is 0 Å². The third kappa shape index (κ3) is 3.72. The van der Waals surface area contributed by atoms with Crippen molar-refractivity contribution in [3.8, 4) is 0 Å². The molecule has 0 amide bonds. The van der Waals surface area contributed by atoms with Crippen molar-refractivity contribution >= 4 is 8.80 Å². The van der Waals surface area contributed by atoms with Gasteiger partial charge in [0, 0.05) is 8.80 Å². The van der Waals surface area contributed by atoms with E-state index in [0.717, 1.165) is 0 Å². The zero-order valence-electron chi connectivity index (χ0n) is 8.22. The predicted octanol–water partition coefficient (Wildman–Crippen LogP) is 3.37. The van der Waals surface area contributed by atoms with Crippen LogP contribution in [0.3, 0.4) is 0 Å². The monoisotopic (exact) mass is 486 g/mol. The molecule has 14 heavy (non-hydrogen) atoms. The van der Waals surface area contributed by atoms with Crippen LogP contribution in [0, 0.1) is 0 Å². The Kier molecular flexibility index (Phi) is 5.40. The number of rotatable bonds is 4. The van der Waals surface area contributed by atoms with Crippen molar-refractivity contribution in [1.29, 1.82) is 0 Å². The Labute approximate surface area is 75.7 Å². The number of alkyl halides is 5. The van der Waals surface area contributed by atoms with Crippen LogP contribution >= 0.6 is 0 Å². The molecule has 1 atom stereocenters. The topological polar surface area (TPSA) is 0 Å². The number of hydrogen-bond acceptors (Lipinski definition) is 0. The fourth-order valence-electron chi connectivity index (χ4n) is 0.732. The van der Waals surface area contributed by atoms with Crippen molar-refractivity contribution in [2.24, 2.45) is 0 Å². The van der Waals surface area contributed by atoms with Gasteiger partial charge in [-0.3, -0.25) is 0 Å². The predicted molar refractivity (Wildman–Crippen MR) is 42.8 cm³/mol. The van der Waals surface area contributed by atoms with Crippen LogP contribution in [0.2, 0.25) is 19.1 Å². The number of halogens is 5. The van der Waals surface area contributed by atoms with E-state index < -0.39 is 33.7 Å². The fourth-order valence-corrected chi connectivity index (χ4v) is 1.63. The van der Waals surface area contributed by atoms with E-state index in [9.17, 15) is 22.0 Å². The maximum absolute atomic E-state index is 12.9. The molecule has 0 aliphatic rings. The van der Waals surface area contributed by atoms with E-state index in [4.69, 9.17) is 0 Å². The van der Waals surface area contributed by atoms with Gasteiger partial charge in [-0.1, -0.05) is 19.1 Å². The Hall–Kier alpha value is -1.13. The van der Waals surface area contributed by atoms with Crippen molar-refractivity contribution in [2.45, 2.75) is 37.4 Å². The first-order valence-corrected chi connectivity index (χ1v) is 6.54. The largest absolute Gasteiger partial charge is 0.425 e. The molecule has 0 aromatic rings. The maximum atomic E-state index is 12.9. The molecule has 0 bridgehead atoms. The van der Waals surface area contributed by atoms with E-state index in [-0.39, 0.29) is 6.04 Å². The van der Waals surface area contributed by atoms with Gasteiger partial charge in [0.05, 0.1) is 0 Å². The van der Waals surface area contributed by atoms with E-state index in [0.29, 0.717) is 0 Å². The molecule has 0 N–H and O–H groups in total. The molecular formula is C7H12F5RfSi. The summed E-state index contributed by atoms with van der Waals surface area (Å²) < 4.78 is 60.7. The summed E-state index contributed by atoms with van der Waals surface area (Å²) >= 11 is 0. The van der Waals surface area contributed by atoms with Crippen molar-refractivity contribution in [1.82, 2.24) is 0 Å². The van der Waals surface area contributed by atoms with E-state index in [1.807, 2.05) is 0 Å². The quantitative estimate of drug-likeness (QED) is 0.423. The Balaban J connectivity index is 0. The van der Waals surface area contributed by atoms with Gasteiger partial charge in [-0.2, -0.15) is 13.2 Å². The molecule has 0 spiro atoms. The van der Waals surface area contributed by atoms with Crippen LogP contribution < -0.4 is 0 Å². The Morgan fingerprint density at radius 3 is 1.71 bits per heavy atom. The molecule has 1 radical (unpaired) electrons. The Bertz CT molecular complexity index is 161. The molecule has 0 aromatic carbocycles. The summed E-state index contributed by atoms with van der Waals surface area (Å²) in [7, 11) is -0.944. The van der Waals surface area contributed by atoms with Gasteiger partial charge in [0.2, 0.25) is 5.67 Å². The second kappa shape index (κ2) is 4.93. The Morgan fingerprint density at radius 2 is 1.50 bits per heavy atom. The molecule has 1 unspecified atom stereocenters. The van der Waals surface area contributed by atoms with Gasteiger partial charge in [-0.25, -0.2) is 8.78 Å². The van der Waals surface area contributed by atoms with Crippen LogP contribution in [0.25, 0.3) is 0 Å². The van der Waals surface area contributed by atoms with Crippen molar-refractivity contribution in [3.63, 3.8) is 0 Å². The molecule has 0 aliphatic carbocycles. The normalized spacial score (nSPS) is 16.3. The van der Waals surface area contributed by atoms with Crippen molar-refractivity contribution < 1.29 is 22.0 Å². The van der Waals surface area contributed by atoms with Crippen molar-refractivity contribution in [2.75, 3.05) is 6.67 Å². The van der Waals surface area contributed by atoms with Crippen LogP contribution in [0.1, 0.15) is 6.42 Å². The number of hydrogen-bond donors (Lipinski definition) is 0. The molecule has 0 saturated carbocycles. The zero-order valence-corrected chi connectivity index (χ0v) is 15.6. The third-order valence-corrected chi connectivity index (χ3v) is 2.99. The SMILES string of the molecule is C[Si](C)CCC(F)(CF)C(F)(F)F.[Rf]. The summed E-state index contributed by atoms with van der Waals surface area (Å²) in [4.78, 5) is 0. The zero-order chi connectivity index (χ0) is 10.7. The molecular weight excluding hydrogens is 474 g/mol. The summed E-state index contributed by atoms with van der Waals surface area (Å²) in [5.74, 6) is 0. The van der Waals surface area contributed by atoms with Crippen LogP contribution in [0.4, 0.5) is 22.0 Å². The van der Waals surface area contributed by atoms with Gasteiger partial charge in [0.15, 0.2) is 0 Å². The van der Waals surface area contributed by atoms with Crippen LogP contribution in [-0.4, -0.2) is 27.3 Å². The standard InChI is InChI=1S/C7H12F5Si.Rf/c1-13(2)4-3-6(9,5-8)7(10,11)12;/h3-5H2,1-2H3;. The summed E-state index contributed by atoms with van der Waals surface area (Å²) in [5.41, 5.74) is -3.63. The summed E-state index contributed by atoms with van der Waals surface area (Å²) in [5, 5.41) is 0. The average molecular weight is 486 g/mol. The summed E-state index contributed by atoms with van der Waals surface area (Å²) in [6.45, 7) is 1.55. The van der Waals surface area contributed by atoms with Crippen LogP contribution in [0.5, 0.6) is 0 Å². The molecule has 0 fully saturated rings. The van der Waals surface area contributed by atoms with Gasteiger partial charge < -0.3 is 0 Å². The minimum absolute atomic E-state index is 0. The minimum atomic E-state index is -5.08. The van der Waals surface area contributed by atoms with Gasteiger partial charge in [-0.15, -0.1) is 0 Å². The minimum Gasteiger partial charge on any atom is -0.247 e. The first-order valence-electron chi connectivity index (χ1n) is 3.83. The van der Waals surface area contributed by atoms with Gasteiger partial charge >= 0.3 is 6.18 Å². The van der Waals surface area contributed by atoms with Crippen molar-refractivity contribution in [3.05, 3.63) is 0 Å². The maximum Gasteiger partial charge on any atom is 0.425 e. The van der Waals surface area contributed by atoms with Crippen LogP contribution in [0.15, 0.2) is 0 Å². The van der Waals surface area contributed by atoms with Gasteiger partial charge in [-0.05, 0) is 6.42 Å². The van der Waals surface area contributed by atoms with E-state index >= 15 is 0 Å². The molecule has 81 valence electrons. The van der Waals surface area contributed by atoms with E-state index in [1.54, 1.807) is 13.1 Å². The smallest absolute Gasteiger partial charge is 0.247 e. The second-order valence-corrected chi connectivity index (χ2v) is 6.22. The average Bonchev–Trinajstić information content (AvgIpc) is 1.98. The summed E-state index contributed by atoms with van der Waals surface area (Å²) in [6, 6.07) is 0.130. The second-order valence-electron chi connectivity index (χ2n) is 3.30. The Morgan fingerprint density at radius 1 is 1.07 bits per heavy atom. The molecule has 0 nitrogen and oxygen atoms in total. The molecule has 0 heterocycles. The van der Waals surface area contributed by atoms with Gasteiger partial charge in [0.1, 0.15) is 6.67 Å². The molecule has 7 heteroatoms. The fraction of sp³-hybridized carbons (Fsp3) is 1.00. The summed E-state index contributed by atoms with van der Waals surface area (Å²) in [6.07, 6.45) is -5.84. The molecule has 0 aromatic heterocycles. The van der Waals surface area contributed by atoms with E-state index in [1.165, 1.54) is 0 Å². The first-order chi connectivity index (χ1) is 5.73. The van der Waals surface area contributed by atoms with Crippen LogP contribution in [-0.2, 0) is 0 Å². The molecule has 0 saturated heterocycles. The third-order valence-electron chi connectivity index (χ3n) is 1.74. The van der Waals surface area contributed by atoms with E-state index in [2.05, 4.69) is 0 Å². The molecule has 0 rings (SSSR count).